The van der Waals surface area contributed by atoms with Crippen molar-refractivity contribution in [1.29, 1.82) is 0 Å². The number of carbonyl (C=O) groups is 1. The van der Waals surface area contributed by atoms with E-state index in [1.807, 2.05) is 0 Å². The fourth-order valence-electron chi connectivity index (χ4n) is 1.44. The molecule has 0 radical (unpaired) electrons. The van der Waals surface area contributed by atoms with Gasteiger partial charge in [-0.15, -0.1) is 0 Å². The van der Waals surface area contributed by atoms with Gasteiger partial charge in [0.1, 0.15) is 0 Å². The molecule has 1 aromatic rings. The Morgan fingerprint density at radius 3 is 2.07 bits per heavy atom. The number of halogens is 4. The van der Waals surface area contributed by atoms with Crippen molar-refractivity contribution in [1.82, 2.24) is 0 Å². The molecular formula is C9H4Cl4O. The first-order chi connectivity index (χ1) is 6.39. The van der Waals surface area contributed by atoms with E-state index in [0.29, 0.717) is 11.1 Å². The summed E-state index contributed by atoms with van der Waals surface area (Å²) in [5.74, 6) is -0.457. The van der Waals surface area contributed by atoms with Gasteiger partial charge in [-0.25, -0.2) is 0 Å². The van der Waals surface area contributed by atoms with E-state index in [-0.39, 0.29) is 0 Å². The minimum atomic E-state index is -1.81. The largest absolute Gasteiger partial charge is 0.291 e. The standard InChI is InChI=1S/C9H4Cl4O/c10-8(11)6-4-2-1-3-5(6)7(14)9(8,12)13/h1-4H. The number of alkyl halides is 4. The zero-order chi connectivity index (χ0) is 10.6. The molecule has 5 heteroatoms. The molecule has 0 N–H and O–H groups in total. The van der Waals surface area contributed by atoms with Gasteiger partial charge in [0, 0.05) is 11.1 Å². The minimum absolute atomic E-state index is 0.377. The Morgan fingerprint density at radius 1 is 0.929 bits per heavy atom. The van der Waals surface area contributed by atoms with Crippen LogP contribution < -0.4 is 0 Å². The Labute approximate surface area is 101 Å². The SMILES string of the molecule is O=C1c2ccccc2C(Cl)(Cl)C1(Cl)Cl. The smallest absolute Gasteiger partial charge is 0.217 e. The topological polar surface area (TPSA) is 17.1 Å². The van der Waals surface area contributed by atoms with Gasteiger partial charge in [0.05, 0.1) is 0 Å². The molecule has 0 aromatic heterocycles. The van der Waals surface area contributed by atoms with Crippen LogP contribution in [-0.2, 0) is 4.33 Å². The number of carbonyl (C=O) groups excluding carboxylic acids is 1. The predicted molar refractivity (Wildman–Crippen MR) is 58.6 cm³/mol. The Bertz CT molecular complexity index is 411. The lowest BCUT2D eigenvalue weighted by molar-refractivity contribution is 0.0981. The zero-order valence-corrected chi connectivity index (χ0v) is 9.75. The number of ketones is 1. The third kappa shape index (κ3) is 1.13. The predicted octanol–water partition coefficient (Wildman–Crippen LogP) is 3.69. The summed E-state index contributed by atoms with van der Waals surface area (Å²) < 4.78 is -3.39. The van der Waals surface area contributed by atoms with Crippen molar-refractivity contribution in [2.75, 3.05) is 0 Å². The lowest BCUT2D eigenvalue weighted by Gasteiger charge is -2.23. The summed E-state index contributed by atoms with van der Waals surface area (Å²) in [6.07, 6.45) is 0. The third-order valence-electron chi connectivity index (χ3n) is 2.19. The van der Waals surface area contributed by atoms with Crippen LogP contribution in [0, 0.1) is 0 Å². The average Bonchev–Trinajstić information content (AvgIpc) is 2.27. The fraction of sp³-hybridized carbons (Fsp3) is 0.222. The molecule has 1 aromatic carbocycles. The van der Waals surface area contributed by atoms with Crippen LogP contribution in [0.1, 0.15) is 15.9 Å². The normalized spacial score (nSPS) is 22.1. The van der Waals surface area contributed by atoms with Crippen molar-refractivity contribution in [3.8, 4) is 0 Å². The molecule has 74 valence electrons. The molecule has 0 atom stereocenters. The lowest BCUT2D eigenvalue weighted by Crippen LogP contribution is -2.33. The molecule has 0 aliphatic heterocycles. The quantitative estimate of drug-likeness (QED) is 0.657. The van der Waals surface area contributed by atoms with E-state index in [1.54, 1.807) is 24.3 Å². The van der Waals surface area contributed by atoms with Gasteiger partial charge in [-0.1, -0.05) is 70.7 Å². The van der Waals surface area contributed by atoms with Crippen molar-refractivity contribution < 1.29 is 4.79 Å². The molecule has 1 aliphatic carbocycles. The van der Waals surface area contributed by atoms with E-state index < -0.39 is 14.4 Å². The van der Waals surface area contributed by atoms with Gasteiger partial charge < -0.3 is 0 Å². The zero-order valence-electron chi connectivity index (χ0n) is 6.73. The molecule has 0 bridgehead atoms. The first-order valence-electron chi connectivity index (χ1n) is 3.79. The maximum atomic E-state index is 11.7. The van der Waals surface area contributed by atoms with Crippen LogP contribution >= 0.6 is 46.4 Å². The van der Waals surface area contributed by atoms with E-state index in [1.165, 1.54) is 0 Å². The van der Waals surface area contributed by atoms with Crippen LogP contribution in [0.3, 0.4) is 0 Å². The molecule has 0 amide bonds. The molecule has 0 unspecified atom stereocenters. The summed E-state index contributed by atoms with van der Waals surface area (Å²) in [6, 6.07) is 6.67. The second-order valence-electron chi connectivity index (χ2n) is 3.02. The Balaban J connectivity index is 2.74. The molecule has 14 heavy (non-hydrogen) atoms. The van der Waals surface area contributed by atoms with Gasteiger partial charge in [0.2, 0.25) is 10.1 Å². The summed E-state index contributed by atoms with van der Waals surface area (Å²) in [4.78, 5) is 11.7. The van der Waals surface area contributed by atoms with Gasteiger partial charge in [-0.05, 0) is 0 Å². The molecule has 0 heterocycles. The Hall–Kier alpha value is 0.0500. The second-order valence-corrected chi connectivity index (χ2v) is 5.68. The average molecular weight is 270 g/mol. The third-order valence-corrected chi connectivity index (χ3v) is 4.46. The minimum Gasteiger partial charge on any atom is -0.291 e. The summed E-state index contributed by atoms with van der Waals surface area (Å²) in [5, 5.41) is 0. The van der Waals surface area contributed by atoms with E-state index in [9.17, 15) is 4.79 Å². The fourth-order valence-corrected chi connectivity index (χ4v) is 2.34. The Kier molecular flexibility index (Phi) is 2.28. The maximum Gasteiger partial charge on any atom is 0.217 e. The Morgan fingerprint density at radius 2 is 1.50 bits per heavy atom. The number of hydrogen-bond donors (Lipinski definition) is 0. The number of hydrogen-bond acceptors (Lipinski definition) is 1. The summed E-state index contributed by atoms with van der Waals surface area (Å²) in [5.41, 5.74) is 0.834. The maximum absolute atomic E-state index is 11.7. The number of rotatable bonds is 0. The van der Waals surface area contributed by atoms with Crippen molar-refractivity contribution in [3.05, 3.63) is 35.4 Å². The van der Waals surface area contributed by atoms with Gasteiger partial charge in [0.25, 0.3) is 0 Å². The molecular weight excluding hydrogens is 266 g/mol. The van der Waals surface area contributed by atoms with Crippen LogP contribution in [-0.4, -0.2) is 10.1 Å². The van der Waals surface area contributed by atoms with E-state index in [4.69, 9.17) is 46.4 Å². The summed E-state index contributed by atoms with van der Waals surface area (Å²) >= 11 is 23.6. The van der Waals surface area contributed by atoms with Crippen molar-refractivity contribution in [3.63, 3.8) is 0 Å². The molecule has 0 spiro atoms. The lowest BCUT2D eigenvalue weighted by atomic mass is 10.1. The highest BCUT2D eigenvalue weighted by Crippen LogP contribution is 2.57. The molecule has 0 fully saturated rings. The molecule has 1 nitrogen and oxygen atoms in total. The van der Waals surface area contributed by atoms with Gasteiger partial charge in [-0.2, -0.15) is 0 Å². The monoisotopic (exact) mass is 268 g/mol. The first-order valence-corrected chi connectivity index (χ1v) is 5.30. The van der Waals surface area contributed by atoms with E-state index in [0.717, 1.165) is 0 Å². The van der Waals surface area contributed by atoms with Gasteiger partial charge in [-0.3, -0.25) is 4.79 Å². The van der Waals surface area contributed by atoms with E-state index >= 15 is 0 Å². The van der Waals surface area contributed by atoms with Gasteiger partial charge in [0.15, 0.2) is 4.33 Å². The highest BCUT2D eigenvalue weighted by molar-refractivity contribution is 6.71. The number of Topliss-reactive ketones (excluding diaryl/α,β-unsaturated/α-hetero) is 1. The van der Waals surface area contributed by atoms with E-state index in [2.05, 4.69) is 0 Å². The van der Waals surface area contributed by atoms with Crippen molar-refractivity contribution >= 4 is 52.2 Å². The summed E-state index contributed by atoms with van der Waals surface area (Å²) in [6.45, 7) is 0. The number of benzene rings is 1. The summed E-state index contributed by atoms with van der Waals surface area (Å²) in [7, 11) is 0. The molecule has 2 rings (SSSR count). The van der Waals surface area contributed by atoms with Gasteiger partial charge >= 0.3 is 0 Å². The number of fused-ring (bicyclic) bond motifs is 1. The highest BCUT2D eigenvalue weighted by atomic mass is 35.5. The molecule has 1 aliphatic rings. The van der Waals surface area contributed by atoms with Crippen LogP contribution in [0.2, 0.25) is 0 Å². The van der Waals surface area contributed by atoms with Crippen LogP contribution in [0.4, 0.5) is 0 Å². The van der Waals surface area contributed by atoms with Crippen LogP contribution in [0.5, 0.6) is 0 Å². The highest BCUT2D eigenvalue weighted by Gasteiger charge is 2.60. The van der Waals surface area contributed by atoms with Crippen LogP contribution in [0.25, 0.3) is 0 Å². The first kappa shape index (κ1) is 10.6. The molecule has 0 saturated carbocycles. The van der Waals surface area contributed by atoms with Crippen molar-refractivity contribution in [2.24, 2.45) is 0 Å². The molecule has 0 saturated heterocycles. The van der Waals surface area contributed by atoms with Crippen LogP contribution in [0.15, 0.2) is 24.3 Å². The van der Waals surface area contributed by atoms with Crippen molar-refractivity contribution in [2.45, 2.75) is 8.67 Å². The second kappa shape index (κ2) is 3.02.